The minimum Gasteiger partial charge on any atom is -0.494 e. The van der Waals surface area contributed by atoms with E-state index >= 15 is 0 Å². The molecule has 4 amide bonds. The van der Waals surface area contributed by atoms with Gasteiger partial charge < -0.3 is 20.1 Å². The molecule has 0 unspecified atom stereocenters. The van der Waals surface area contributed by atoms with Crippen LogP contribution in [0, 0.1) is 0 Å². The molecule has 0 radical (unpaired) electrons. The Labute approximate surface area is 180 Å². The Kier molecular flexibility index (Phi) is 6.47. The first-order valence-corrected chi connectivity index (χ1v) is 10.2. The highest BCUT2D eigenvalue weighted by atomic mass is 16.5. The van der Waals surface area contributed by atoms with Gasteiger partial charge in [0.2, 0.25) is 5.91 Å². The number of urea groups is 1. The topological polar surface area (TPSA) is 115 Å². The van der Waals surface area contributed by atoms with Gasteiger partial charge in [-0.05, 0) is 32.4 Å². The summed E-state index contributed by atoms with van der Waals surface area (Å²) in [5.74, 6) is 0.0139. The third-order valence-electron chi connectivity index (χ3n) is 5.04. The maximum absolute atomic E-state index is 13.2. The van der Waals surface area contributed by atoms with Crippen molar-refractivity contribution in [1.82, 2.24) is 20.0 Å². The number of aromatic nitrogens is 2. The number of ether oxygens (including phenoxy) is 2. The molecule has 10 heteroatoms. The highest BCUT2D eigenvalue weighted by Crippen LogP contribution is 2.33. The number of benzene rings is 1. The molecule has 1 saturated heterocycles. The molecule has 0 bridgehead atoms. The molecule has 166 valence electrons. The number of nitrogens with one attached hydrogen (secondary N) is 2. The van der Waals surface area contributed by atoms with Gasteiger partial charge in [0.15, 0.2) is 0 Å². The summed E-state index contributed by atoms with van der Waals surface area (Å²) < 4.78 is 12.6. The Balaban J connectivity index is 1.78. The van der Waals surface area contributed by atoms with E-state index < -0.39 is 29.9 Å². The number of carbonyl (C=O) groups is 3. The van der Waals surface area contributed by atoms with Gasteiger partial charge in [-0.25, -0.2) is 4.79 Å². The fourth-order valence-corrected chi connectivity index (χ4v) is 3.53. The molecule has 31 heavy (non-hydrogen) atoms. The number of aryl methyl sites for hydroxylation is 1. The van der Waals surface area contributed by atoms with E-state index in [2.05, 4.69) is 15.7 Å². The molecule has 2 heterocycles. The van der Waals surface area contributed by atoms with Crippen molar-refractivity contribution in [2.45, 2.75) is 32.7 Å². The van der Waals surface area contributed by atoms with Gasteiger partial charge in [0.1, 0.15) is 23.6 Å². The number of rotatable bonds is 9. The SMILES string of the molecule is CCOc1ccc(OCC)c(NC(=O)CN2C(=O)N[C@](CC)(c3cnn(C)c3)C2=O)c1. The van der Waals surface area contributed by atoms with Crippen molar-refractivity contribution in [3.8, 4) is 11.5 Å². The summed E-state index contributed by atoms with van der Waals surface area (Å²) in [5.41, 5.74) is -0.266. The molecule has 1 atom stereocenters. The number of hydrogen-bond donors (Lipinski definition) is 2. The van der Waals surface area contributed by atoms with Crippen LogP contribution in [-0.4, -0.2) is 52.3 Å². The van der Waals surface area contributed by atoms with E-state index in [0.717, 1.165) is 4.90 Å². The Morgan fingerprint density at radius 1 is 1.19 bits per heavy atom. The van der Waals surface area contributed by atoms with Gasteiger partial charge in [-0.2, -0.15) is 5.10 Å². The first-order chi connectivity index (χ1) is 14.8. The van der Waals surface area contributed by atoms with Gasteiger partial charge in [0, 0.05) is 24.9 Å². The van der Waals surface area contributed by atoms with Gasteiger partial charge >= 0.3 is 6.03 Å². The van der Waals surface area contributed by atoms with Crippen LogP contribution in [-0.2, 0) is 22.2 Å². The summed E-state index contributed by atoms with van der Waals surface area (Å²) >= 11 is 0. The summed E-state index contributed by atoms with van der Waals surface area (Å²) in [6.45, 7) is 5.93. The lowest BCUT2D eigenvalue weighted by Crippen LogP contribution is -2.44. The molecule has 1 aromatic carbocycles. The molecule has 0 saturated carbocycles. The first-order valence-electron chi connectivity index (χ1n) is 10.2. The quantitative estimate of drug-likeness (QED) is 0.590. The van der Waals surface area contributed by atoms with E-state index in [4.69, 9.17) is 9.47 Å². The summed E-state index contributed by atoms with van der Waals surface area (Å²) in [7, 11) is 1.73. The lowest BCUT2D eigenvalue weighted by molar-refractivity contribution is -0.134. The number of nitrogens with zero attached hydrogens (tertiary/aromatic N) is 3. The van der Waals surface area contributed by atoms with E-state index in [1.165, 1.54) is 0 Å². The van der Waals surface area contributed by atoms with Crippen LogP contribution in [0.2, 0.25) is 0 Å². The molecule has 0 spiro atoms. The predicted octanol–water partition coefficient (Wildman–Crippen LogP) is 2.01. The molecular formula is C21H27N5O5. The van der Waals surface area contributed by atoms with Crippen molar-refractivity contribution < 1.29 is 23.9 Å². The number of carbonyl (C=O) groups excluding carboxylic acids is 3. The normalized spacial score (nSPS) is 18.1. The third kappa shape index (κ3) is 4.32. The van der Waals surface area contributed by atoms with Crippen LogP contribution in [0.4, 0.5) is 10.5 Å². The Morgan fingerprint density at radius 2 is 1.94 bits per heavy atom. The minimum atomic E-state index is -1.24. The maximum atomic E-state index is 13.2. The number of imide groups is 1. The fraction of sp³-hybridized carbons (Fsp3) is 0.429. The zero-order valence-electron chi connectivity index (χ0n) is 18.1. The van der Waals surface area contributed by atoms with Gasteiger partial charge in [-0.1, -0.05) is 6.92 Å². The van der Waals surface area contributed by atoms with Crippen molar-refractivity contribution in [1.29, 1.82) is 0 Å². The smallest absolute Gasteiger partial charge is 0.325 e. The monoisotopic (exact) mass is 429 g/mol. The molecule has 3 rings (SSSR count). The molecule has 10 nitrogen and oxygen atoms in total. The Hall–Kier alpha value is -3.56. The summed E-state index contributed by atoms with van der Waals surface area (Å²) in [5, 5.41) is 9.55. The van der Waals surface area contributed by atoms with E-state index in [0.29, 0.717) is 42.4 Å². The number of anilines is 1. The molecule has 1 aliphatic heterocycles. The molecular weight excluding hydrogens is 402 g/mol. The van der Waals surface area contributed by atoms with Crippen molar-refractivity contribution in [3.05, 3.63) is 36.2 Å². The zero-order valence-corrected chi connectivity index (χ0v) is 18.1. The maximum Gasteiger partial charge on any atom is 0.325 e. The van der Waals surface area contributed by atoms with Crippen LogP contribution in [0.15, 0.2) is 30.6 Å². The largest absolute Gasteiger partial charge is 0.494 e. The fourth-order valence-electron chi connectivity index (χ4n) is 3.53. The highest BCUT2D eigenvalue weighted by molar-refractivity contribution is 6.10. The summed E-state index contributed by atoms with van der Waals surface area (Å²) in [6.07, 6.45) is 3.55. The van der Waals surface area contributed by atoms with Gasteiger partial charge in [-0.3, -0.25) is 19.2 Å². The highest BCUT2D eigenvalue weighted by Gasteiger charge is 2.52. The standard InChI is InChI=1S/C21H27N5O5/c1-5-21(14-11-22-25(4)12-14)19(28)26(20(29)24-21)13-18(27)23-16-10-15(30-6-2)8-9-17(16)31-7-3/h8-12H,5-7,13H2,1-4H3,(H,23,27)(H,24,29)/t21-/m1/s1. The van der Waals surface area contributed by atoms with Crippen molar-refractivity contribution in [2.75, 3.05) is 25.1 Å². The Morgan fingerprint density at radius 3 is 2.55 bits per heavy atom. The lowest BCUT2D eigenvalue weighted by atomic mass is 9.89. The molecule has 0 aliphatic carbocycles. The van der Waals surface area contributed by atoms with Crippen LogP contribution in [0.5, 0.6) is 11.5 Å². The summed E-state index contributed by atoms with van der Waals surface area (Å²) in [4.78, 5) is 39.4. The average Bonchev–Trinajstić information content (AvgIpc) is 3.27. The van der Waals surface area contributed by atoms with Crippen molar-refractivity contribution >= 4 is 23.5 Å². The summed E-state index contributed by atoms with van der Waals surface area (Å²) in [6, 6.07) is 4.46. The second kappa shape index (κ2) is 9.07. The molecule has 2 aromatic rings. The predicted molar refractivity (Wildman–Crippen MR) is 113 cm³/mol. The molecule has 2 N–H and O–H groups in total. The second-order valence-electron chi connectivity index (χ2n) is 7.06. The zero-order chi connectivity index (χ0) is 22.6. The minimum absolute atomic E-state index is 0.326. The van der Waals surface area contributed by atoms with Crippen LogP contribution >= 0.6 is 0 Å². The first kappa shape index (κ1) is 22.1. The number of amides is 4. The van der Waals surface area contributed by atoms with Gasteiger partial charge in [0.25, 0.3) is 5.91 Å². The lowest BCUT2D eigenvalue weighted by Gasteiger charge is -2.23. The van der Waals surface area contributed by atoms with E-state index in [9.17, 15) is 14.4 Å². The van der Waals surface area contributed by atoms with E-state index in [1.807, 2.05) is 13.8 Å². The van der Waals surface area contributed by atoms with E-state index in [-0.39, 0.29) is 0 Å². The number of hydrogen-bond acceptors (Lipinski definition) is 6. The van der Waals surface area contributed by atoms with Crippen LogP contribution in [0.3, 0.4) is 0 Å². The van der Waals surface area contributed by atoms with Crippen LogP contribution in [0.1, 0.15) is 32.8 Å². The molecule has 1 fully saturated rings. The van der Waals surface area contributed by atoms with Gasteiger partial charge in [-0.15, -0.1) is 0 Å². The van der Waals surface area contributed by atoms with Crippen LogP contribution in [0.25, 0.3) is 0 Å². The molecule has 1 aromatic heterocycles. The Bertz CT molecular complexity index is 988. The average molecular weight is 429 g/mol. The van der Waals surface area contributed by atoms with Crippen molar-refractivity contribution in [3.63, 3.8) is 0 Å². The third-order valence-corrected chi connectivity index (χ3v) is 5.04. The van der Waals surface area contributed by atoms with Crippen molar-refractivity contribution in [2.24, 2.45) is 7.05 Å². The second-order valence-corrected chi connectivity index (χ2v) is 7.06. The van der Waals surface area contributed by atoms with Gasteiger partial charge in [0.05, 0.1) is 25.1 Å². The molecule has 1 aliphatic rings. The van der Waals surface area contributed by atoms with E-state index in [1.54, 1.807) is 49.2 Å². The van der Waals surface area contributed by atoms with Crippen LogP contribution < -0.4 is 20.1 Å².